The third-order valence-electron chi connectivity index (χ3n) is 2.73. The van der Waals surface area contributed by atoms with Gasteiger partial charge in [0.15, 0.2) is 0 Å². The van der Waals surface area contributed by atoms with Gasteiger partial charge >= 0.3 is 5.97 Å². The lowest BCUT2D eigenvalue weighted by Gasteiger charge is -2.12. The van der Waals surface area contributed by atoms with E-state index in [2.05, 4.69) is 0 Å². The van der Waals surface area contributed by atoms with E-state index in [4.69, 9.17) is 9.84 Å². The van der Waals surface area contributed by atoms with Crippen LogP contribution in [0.4, 0.5) is 8.78 Å². The third-order valence-corrected chi connectivity index (χ3v) is 2.73. The van der Waals surface area contributed by atoms with Gasteiger partial charge in [0, 0.05) is 0 Å². The van der Waals surface area contributed by atoms with Gasteiger partial charge in [0.2, 0.25) is 0 Å². The first-order chi connectivity index (χ1) is 9.58. The topological polar surface area (TPSA) is 46.5 Å². The van der Waals surface area contributed by atoms with Crippen LogP contribution in [0.2, 0.25) is 0 Å². The van der Waals surface area contributed by atoms with Crippen molar-refractivity contribution in [2.24, 2.45) is 0 Å². The van der Waals surface area contributed by atoms with Crippen molar-refractivity contribution in [1.82, 2.24) is 0 Å². The summed E-state index contributed by atoms with van der Waals surface area (Å²) < 4.78 is 31.2. The first-order valence-corrected chi connectivity index (χ1v) is 5.90. The summed E-state index contributed by atoms with van der Waals surface area (Å²) in [5.74, 6) is -1.25. The molecule has 0 aromatic heterocycles. The summed E-state index contributed by atoms with van der Waals surface area (Å²) in [7, 11) is 0. The van der Waals surface area contributed by atoms with E-state index in [-0.39, 0.29) is 17.9 Å². The summed E-state index contributed by atoms with van der Waals surface area (Å²) in [6.07, 6.45) is -2.79. The third kappa shape index (κ3) is 3.32. The Morgan fingerprint density at radius 1 is 1.15 bits per heavy atom. The van der Waals surface area contributed by atoms with Crippen LogP contribution in [0.15, 0.2) is 48.5 Å². The van der Waals surface area contributed by atoms with Crippen LogP contribution in [0.3, 0.4) is 0 Å². The Kier molecular flexibility index (Phi) is 4.30. The molecule has 2 aromatic rings. The van der Waals surface area contributed by atoms with E-state index in [9.17, 15) is 13.6 Å². The Hall–Kier alpha value is -2.43. The number of rotatable bonds is 5. The lowest BCUT2D eigenvalue weighted by molar-refractivity contribution is 0.0696. The first kappa shape index (κ1) is 14.0. The van der Waals surface area contributed by atoms with E-state index < -0.39 is 18.0 Å². The van der Waals surface area contributed by atoms with Gasteiger partial charge in [-0.2, -0.15) is 0 Å². The van der Waals surface area contributed by atoms with Gasteiger partial charge in [-0.1, -0.05) is 30.3 Å². The summed E-state index contributed by atoms with van der Waals surface area (Å²) in [6.45, 7) is 0.146. The number of hydrogen-bond donors (Lipinski definition) is 1. The van der Waals surface area contributed by atoms with E-state index in [1.165, 1.54) is 12.1 Å². The molecular weight excluding hydrogens is 266 g/mol. The SMILES string of the molecule is O=C(O)c1ccc(OCc2ccccc2)c(C(F)F)c1. The van der Waals surface area contributed by atoms with Gasteiger partial charge in [0.1, 0.15) is 12.4 Å². The molecule has 0 spiro atoms. The molecule has 0 aliphatic carbocycles. The second-order valence-corrected chi connectivity index (χ2v) is 4.13. The molecule has 3 nitrogen and oxygen atoms in total. The molecule has 20 heavy (non-hydrogen) atoms. The highest BCUT2D eigenvalue weighted by Crippen LogP contribution is 2.30. The summed E-state index contributed by atoms with van der Waals surface area (Å²) in [5.41, 5.74) is 0.239. The number of carbonyl (C=O) groups is 1. The van der Waals surface area contributed by atoms with Crippen LogP contribution in [-0.4, -0.2) is 11.1 Å². The predicted molar refractivity (Wildman–Crippen MR) is 69.1 cm³/mol. The van der Waals surface area contributed by atoms with Crippen LogP contribution in [0, 0.1) is 0 Å². The number of benzene rings is 2. The molecule has 0 bridgehead atoms. The van der Waals surface area contributed by atoms with Crippen molar-refractivity contribution in [1.29, 1.82) is 0 Å². The minimum Gasteiger partial charge on any atom is -0.488 e. The summed E-state index contributed by atoms with van der Waals surface area (Å²) in [6, 6.07) is 12.5. The minimum absolute atomic E-state index is 0.00569. The molecule has 104 valence electrons. The number of carboxylic acid groups (broad SMARTS) is 1. The van der Waals surface area contributed by atoms with Gasteiger partial charge < -0.3 is 9.84 Å². The molecule has 0 aliphatic heterocycles. The molecule has 2 aromatic carbocycles. The molecule has 2 rings (SSSR count). The monoisotopic (exact) mass is 278 g/mol. The minimum atomic E-state index is -2.79. The van der Waals surface area contributed by atoms with Crippen molar-refractivity contribution < 1.29 is 23.4 Å². The highest BCUT2D eigenvalue weighted by molar-refractivity contribution is 5.88. The molecule has 0 radical (unpaired) electrons. The molecule has 0 aliphatic rings. The lowest BCUT2D eigenvalue weighted by atomic mass is 10.1. The zero-order valence-electron chi connectivity index (χ0n) is 10.4. The Labute approximate surface area is 114 Å². The zero-order valence-corrected chi connectivity index (χ0v) is 10.4. The van der Waals surface area contributed by atoms with Crippen LogP contribution in [0.25, 0.3) is 0 Å². The Balaban J connectivity index is 2.20. The summed E-state index contributed by atoms with van der Waals surface area (Å²) >= 11 is 0. The molecule has 0 atom stereocenters. The average molecular weight is 278 g/mol. The van der Waals surface area contributed by atoms with E-state index in [1.54, 1.807) is 0 Å². The largest absolute Gasteiger partial charge is 0.488 e. The van der Waals surface area contributed by atoms with Crippen LogP contribution in [0.1, 0.15) is 27.9 Å². The number of halogens is 2. The molecule has 0 saturated heterocycles. The van der Waals surface area contributed by atoms with Crippen molar-refractivity contribution in [2.75, 3.05) is 0 Å². The molecule has 0 saturated carbocycles. The van der Waals surface area contributed by atoms with E-state index in [1.807, 2.05) is 30.3 Å². The van der Waals surface area contributed by atoms with Crippen molar-refractivity contribution in [2.45, 2.75) is 13.0 Å². The van der Waals surface area contributed by atoms with Crippen LogP contribution >= 0.6 is 0 Å². The standard InChI is InChI=1S/C15H12F2O3/c16-14(17)12-8-11(15(18)19)6-7-13(12)20-9-10-4-2-1-3-5-10/h1-8,14H,9H2,(H,18,19). The zero-order chi connectivity index (χ0) is 14.5. The van der Waals surface area contributed by atoms with Crippen molar-refractivity contribution in [3.05, 3.63) is 65.2 Å². The summed E-state index contributed by atoms with van der Waals surface area (Å²) in [4.78, 5) is 10.8. The van der Waals surface area contributed by atoms with Crippen LogP contribution < -0.4 is 4.74 Å². The quantitative estimate of drug-likeness (QED) is 0.902. The number of carboxylic acids is 1. The molecule has 0 heterocycles. The maximum absolute atomic E-state index is 12.9. The van der Waals surface area contributed by atoms with Crippen molar-refractivity contribution in [3.63, 3.8) is 0 Å². The van der Waals surface area contributed by atoms with E-state index in [0.29, 0.717) is 0 Å². The smallest absolute Gasteiger partial charge is 0.335 e. The molecule has 1 N–H and O–H groups in total. The maximum Gasteiger partial charge on any atom is 0.335 e. The van der Waals surface area contributed by atoms with Gasteiger partial charge in [0.25, 0.3) is 6.43 Å². The fourth-order valence-electron chi connectivity index (χ4n) is 1.72. The van der Waals surface area contributed by atoms with E-state index in [0.717, 1.165) is 11.6 Å². The van der Waals surface area contributed by atoms with Crippen LogP contribution in [-0.2, 0) is 6.61 Å². The molecule has 0 unspecified atom stereocenters. The first-order valence-electron chi connectivity index (χ1n) is 5.90. The molecule has 0 fully saturated rings. The number of aromatic carboxylic acids is 1. The van der Waals surface area contributed by atoms with Crippen molar-refractivity contribution >= 4 is 5.97 Å². The van der Waals surface area contributed by atoms with Crippen LogP contribution in [0.5, 0.6) is 5.75 Å². The maximum atomic E-state index is 12.9. The van der Waals surface area contributed by atoms with Gasteiger partial charge in [-0.25, -0.2) is 13.6 Å². The highest BCUT2D eigenvalue weighted by atomic mass is 19.3. The number of ether oxygens (including phenoxy) is 1. The lowest BCUT2D eigenvalue weighted by Crippen LogP contribution is -2.02. The highest BCUT2D eigenvalue weighted by Gasteiger charge is 2.17. The second kappa shape index (κ2) is 6.14. The Morgan fingerprint density at radius 3 is 2.45 bits per heavy atom. The second-order valence-electron chi connectivity index (χ2n) is 4.13. The predicted octanol–water partition coefficient (Wildman–Crippen LogP) is 3.90. The normalized spacial score (nSPS) is 10.6. The Bertz CT molecular complexity index is 597. The van der Waals surface area contributed by atoms with E-state index >= 15 is 0 Å². The van der Waals surface area contributed by atoms with Gasteiger partial charge in [-0.05, 0) is 23.8 Å². The number of alkyl halides is 2. The summed E-state index contributed by atoms with van der Waals surface area (Å²) in [5, 5.41) is 8.80. The van der Waals surface area contributed by atoms with Gasteiger partial charge in [-0.15, -0.1) is 0 Å². The average Bonchev–Trinajstić information content (AvgIpc) is 2.45. The fourth-order valence-corrected chi connectivity index (χ4v) is 1.72. The molecule has 5 heteroatoms. The molecular formula is C15H12F2O3. The number of hydrogen-bond acceptors (Lipinski definition) is 2. The Morgan fingerprint density at radius 2 is 1.85 bits per heavy atom. The van der Waals surface area contributed by atoms with Gasteiger partial charge in [-0.3, -0.25) is 0 Å². The fraction of sp³-hybridized carbons (Fsp3) is 0.133. The molecule has 0 amide bonds. The van der Waals surface area contributed by atoms with Gasteiger partial charge in [0.05, 0.1) is 11.1 Å². The van der Waals surface area contributed by atoms with Crippen molar-refractivity contribution in [3.8, 4) is 5.75 Å².